The van der Waals surface area contributed by atoms with Crippen LogP contribution in [-0.2, 0) is 17.8 Å². The minimum atomic E-state index is 0.0228. The number of nitrogens with zero attached hydrogens (tertiary/aromatic N) is 2. The average Bonchev–Trinajstić information content (AvgIpc) is 3.12. The number of para-hydroxylation sites is 1. The van der Waals surface area contributed by atoms with Crippen LogP contribution in [0.5, 0.6) is 0 Å². The van der Waals surface area contributed by atoms with Crippen molar-refractivity contribution in [2.75, 3.05) is 5.32 Å². The van der Waals surface area contributed by atoms with Crippen molar-refractivity contribution >= 4 is 22.5 Å². The zero-order valence-corrected chi connectivity index (χ0v) is 15.0. The summed E-state index contributed by atoms with van der Waals surface area (Å²) < 4.78 is 2.12. The first-order chi connectivity index (χ1) is 13.3. The quantitative estimate of drug-likeness (QED) is 0.547. The average molecular weight is 355 g/mol. The maximum Gasteiger partial charge on any atom is 0.226 e. The monoisotopic (exact) mass is 355 g/mol. The van der Waals surface area contributed by atoms with Crippen LogP contribution < -0.4 is 5.32 Å². The molecule has 0 atom stereocenters. The van der Waals surface area contributed by atoms with Gasteiger partial charge < -0.3 is 9.88 Å². The number of anilines is 1. The molecule has 0 saturated carbocycles. The minimum absolute atomic E-state index is 0.0228. The van der Waals surface area contributed by atoms with E-state index in [1.54, 1.807) is 12.4 Å². The maximum atomic E-state index is 12.3. The van der Waals surface area contributed by atoms with Gasteiger partial charge in [-0.15, -0.1) is 0 Å². The van der Waals surface area contributed by atoms with E-state index in [1.165, 1.54) is 16.5 Å². The number of fused-ring (bicyclic) bond motifs is 1. The molecule has 2 heterocycles. The number of carbonyl (C=O) groups is 1. The van der Waals surface area contributed by atoms with E-state index in [2.05, 4.69) is 45.2 Å². The van der Waals surface area contributed by atoms with Crippen LogP contribution >= 0.6 is 0 Å². The van der Waals surface area contributed by atoms with Crippen LogP contribution in [0.2, 0.25) is 0 Å². The predicted octanol–water partition coefficient (Wildman–Crippen LogP) is 4.66. The van der Waals surface area contributed by atoms with Gasteiger partial charge in [-0.1, -0.05) is 30.3 Å². The van der Waals surface area contributed by atoms with Crippen LogP contribution in [-0.4, -0.2) is 15.5 Å². The molecular formula is C23H21N3O. The third kappa shape index (κ3) is 4.23. The molecular weight excluding hydrogens is 334 g/mol. The molecule has 27 heavy (non-hydrogen) atoms. The summed E-state index contributed by atoms with van der Waals surface area (Å²) >= 11 is 0. The number of rotatable bonds is 6. The predicted molar refractivity (Wildman–Crippen MR) is 109 cm³/mol. The topological polar surface area (TPSA) is 46.9 Å². The Morgan fingerprint density at radius 1 is 0.889 bits per heavy atom. The zero-order valence-electron chi connectivity index (χ0n) is 15.0. The Kier molecular flexibility index (Phi) is 4.97. The second-order valence-electron chi connectivity index (χ2n) is 6.60. The highest BCUT2D eigenvalue weighted by atomic mass is 16.1. The second kappa shape index (κ2) is 7.87. The fraction of sp³-hybridized carbons (Fsp3) is 0.130. The van der Waals surface area contributed by atoms with Gasteiger partial charge in [0.1, 0.15) is 0 Å². The molecule has 0 bridgehead atoms. The number of aromatic nitrogens is 2. The molecule has 0 radical (unpaired) electrons. The summed E-state index contributed by atoms with van der Waals surface area (Å²) in [5.74, 6) is 0.0228. The van der Waals surface area contributed by atoms with Gasteiger partial charge in [-0.2, -0.15) is 0 Å². The van der Waals surface area contributed by atoms with Crippen LogP contribution in [0.4, 0.5) is 5.69 Å². The molecule has 4 heteroatoms. The van der Waals surface area contributed by atoms with Gasteiger partial charge in [0.2, 0.25) is 5.91 Å². The highest BCUT2D eigenvalue weighted by Gasteiger charge is 2.05. The fourth-order valence-corrected chi connectivity index (χ4v) is 3.22. The molecule has 4 nitrogen and oxygen atoms in total. The van der Waals surface area contributed by atoms with E-state index >= 15 is 0 Å². The third-order valence-electron chi connectivity index (χ3n) is 4.66. The molecule has 0 saturated heterocycles. The molecule has 1 amide bonds. The summed E-state index contributed by atoms with van der Waals surface area (Å²) in [5.41, 5.74) is 4.42. The van der Waals surface area contributed by atoms with Crippen LogP contribution in [0, 0.1) is 0 Å². The Morgan fingerprint density at radius 2 is 1.63 bits per heavy atom. The van der Waals surface area contributed by atoms with Gasteiger partial charge in [0.25, 0.3) is 0 Å². The van der Waals surface area contributed by atoms with E-state index < -0.39 is 0 Å². The number of nitrogens with one attached hydrogen (secondary N) is 1. The number of hydrogen-bond acceptors (Lipinski definition) is 2. The van der Waals surface area contributed by atoms with E-state index in [-0.39, 0.29) is 5.91 Å². The fourth-order valence-electron chi connectivity index (χ4n) is 3.22. The molecule has 4 aromatic rings. The molecule has 1 N–H and O–H groups in total. The molecule has 2 aromatic heterocycles. The standard InChI is InChI=1S/C23H21N3O/c27-23(12-16-26-15-11-20-3-1-2-4-22(20)26)25-21-7-5-18(6-8-21)17-19-9-13-24-14-10-19/h1-11,13-15H,12,16-17H2,(H,25,27). The molecule has 134 valence electrons. The van der Waals surface area contributed by atoms with E-state index in [9.17, 15) is 4.79 Å². The first kappa shape index (κ1) is 17.0. The molecule has 4 rings (SSSR count). The number of carbonyl (C=O) groups excluding carboxylic acids is 1. The number of benzene rings is 2. The second-order valence-corrected chi connectivity index (χ2v) is 6.60. The number of hydrogen-bond donors (Lipinski definition) is 1. The summed E-state index contributed by atoms with van der Waals surface area (Å²) in [6.45, 7) is 0.666. The maximum absolute atomic E-state index is 12.3. The van der Waals surface area contributed by atoms with Crippen molar-refractivity contribution in [3.63, 3.8) is 0 Å². The lowest BCUT2D eigenvalue weighted by Crippen LogP contribution is -2.14. The van der Waals surface area contributed by atoms with Crippen molar-refractivity contribution < 1.29 is 4.79 Å². The van der Waals surface area contributed by atoms with Crippen molar-refractivity contribution in [1.29, 1.82) is 0 Å². The number of amides is 1. The third-order valence-corrected chi connectivity index (χ3v) is 4.66. The Hall–Kier alpha value is -3.40. The normalized spacial score (nSPS) is 10.8. The Bertz CT molecular complexity index is 1040. The van der Waals surface area contributed by atoms with Crippen LogP contribution in [0.1, 0.15) is 17.5 Å². The highest BCUT2D eigenvalue weighted by molar-refractivity contribution is 5.90. The summed E-state index contributed by atoms with van der Waals surface area (Å²) in [5, 5.41) is 4.18. The Balaban J connectivity index is 1.33. The SMILES string of the molecule is O=C(CCn1ccc2ccccc21)Nc1ccc(Cc2ccncc2)cc1. The Labute approximate surface area is 158 Å². The van der Waals surface area contributed by atoms with E-state index in [4.69, 9.17) is 0 Å². The van der Waals surface area contributed by atoms with Crippen molar-refractivity contribution in [3.05, 3.63) is 96.4 Å². The van der Waals surface area contributed by atoms with Gasteiger partial charge >= 0.3 is 0 Å². The number of pyridine rings is 1. The van der Waals surface area contributed by atoms with Gasteiger partial charge in [-0.05, 0) is 59.3 Å². The summed E-state index contributed by atoms with van der Waals surface area (Å²) in [6, 6.07) is 22.3. The van der Waals surface area contributed by atoms with Crippen LogP contribution in [0.25, 0.3) is 10.9 Å². The van der Waals surface area contributed by atoms with Gasteiger partial charge in [0.15, 0.2) is 0 Å². The molecule has 0 fully saturated rings. The first-order valence-electron chi connectivity index (χ1n) is 9.09. The largest absolute Gasteiger partial charge is 0.347 e. The smallest absolute Gasteiger partial charge is 0.226 e. The van der Waals surface area contributed by atoms with Gasteiger partial charge in [0, 0.05) is 42.8 Å². The van der Waals surface area contributed by atoms with Crippen LogP contribution in [0.15, 0.2) is 85.3 Å². The van der Waals surface area contributed by atoms with E-state index in [0.717, 1.165) is 17.6 Å². The highest BCUT2D eigenvalue weighted by Crippen LogP contribution is 2.16. The molecule has 0 spiro atoms. The number of aryl methyl sites for hydroxylation is 1. The lowest BCUT2D eigenvalue weighted by Gasteiger charge is -2.08. The van der Waals surface area contributed by atoms with Crippen molar-refractivity contribution in [2.24, 2.45) is 0 Å². The Morgan fingerprint density at radius 3 is 2.44 bits per heavy atom. The van der Waals surface area contributed by atoms with Crippen molar-refractivity contribution in [1.82, 2.24) is 9.55 Å². The van der Waals surface area contributed by atoms with E-state index in [1.807, 2.05) is 42.6 Å². The van der Waals surface area contributed by atoms with Crippen LogP contribution in [0.3, 0.4) is 0 Å². The molecule has 2 aromatic carbocycles. The van der Waals surface area contributed by atoms with Crippen molar-refractivity contribution in [2.45, 2.75) is 19.4 Å². The summed E-state index contributed by atoms with van der Waals surface area (Å²) in [7, 11) is 0. The summed E-state index contributed by atoms with van der Waals surface area (Å²) in [6.07, 6.45) is 6.94. The lowest BCUT2D eigenvalue weighted by atomic mass is 10.1. The van der Waals surface area contributed by atoms with E-state index in [0.29, 0.717) is 13.0 Å². The first-order valence-corrected chi connectivity index (χ1v) is 9.09. The van der Waals surface area contributed by atoms with Crippen molar-refractivity contribution in [3.8, 4) is 0 Å². The molecule has 0 aliphatic heterocycles. The molecule has 0 aliphatic carbocycles. The van der Waals surface area contributed by atoms with Gasteiger partial charge in [0.05, 0.1) is 0 Å². The zero-order chi connectivity index (χ0) is 18.5. The molecule has 0 aliphatic rings. The minimum Gasteiger partial charge on any atom is -0.347 e. The van der Waals surface area contributed by atoms with Gasteiger partial charge in [-0.25, -0.2) is 0 Å². The summed E-state index contributed by atoms with van der Waals surface area (Å²) in [4.78, 5) is 16.3. The molecule has 0 unspecified atom stereocenters. The lowest BCUT2D eigenvalue weighted by molar-refractivity contribution is -0.116. The van der Waals surface area contributed by atoms with Gasteiger partial charge in [-0.3, -0.25) is 9.78 Å².